The lowest BCUT2D eigenvalue weighted by Crippen LogP contribution is -2.04. The minimum absolute atomic E-state index is 0.534. The maximum absolute atomic E-state index is 12.5. The number of nitrogens with one attached hydrogen (secondary N) is 1. The molecule has 0 atom stereocenters. The first-order valence-corrected chi connectivity index (χ1v) is 6.15. The second kappa shape index (κ2) is 4.76. The molecule has 108 valence electrons. The lowest BCUT2D eigenvalue weighted by atomic mass is 10.2. The lowest BCUT2D eigenvalue weighted by molar-refractivity contribution is -0.137. The molecule has 0 aliphatic heterocycles. The third-order valence-corrected chi connectivity index (χ3v) is 3.14. The second-order valence-electron chi connectivity index (χ2n) is 4.59. The Morgan fingerprint density at radius 3 is 2.43 bits per heavy atom. The minimum atomic E-state index is -4.33. The van der Waals surface area contributed by atoms with E-state index in [2.05, 4.69) is 15.3 Å². The molecular weight excluding hydrogens is 281 g/mol. The van der Waals surface area contributed by atoms with E-state index in [1.165, 1.54) is 18.5 Å². The summed E-state index contributed by atoms with van der Waals surface area (Å²) in [5, 5.41) is 3.81. The predicted molar refractivity (Wildman–Crippen MR) is 73.2 cm³/mol. The van der Waals surface area contributed by atoms with Crippen molar-refractivity contribution in [3.05, 3.63) is 48.4 Å². The Balaban J connectivity index is 1.92. The molecule has 0 saturated carbocycles. The molecule has 3 rings (SSSR count). The van der Waals surface area contributed by atoms with Gasteiger partial charge in [-0.25, -0.2) is 9.97 Å². The van der Waals surface area contributed by atoms with Crippen molar-refractivity contribution in [3.63, 3.8) is 0 Å². The number of aromatic nitrogens is 3. The number of nitrogens with zero attached hydrogens (tertiary/aromatic N) is 3. The zero-order valence-corrected chi connectivity index (χ0v) is 11.0. The molecule has 0 radical (unpaired) electrons. The standard InChI is InChI=1S/C14H11F3N4/c1-21-7-6-11-12(18-8-19-13(11)21)20-10-4-2-9(3-5-10)14(15,16)17/h2-8H,1H3,(H,18,19,20). The van der Waals surface area contributed by atoms with Crippen molar-refractivity contribution in [2.24, 2.45) is 7.05 Å². The molecule has 21 heavy (non-hydrogen) atoms. The summed E-state index contributed by atoms with van der Waals surface area (Å²) in [5.74, 6) is 0.556. The van der Waals surface area contributed by atoms with Crippen molar-refractivity contribution in [2.45, 2.75) is 6.18 Å². The number of aryl methyl sites for hydroxylation is 1. The highest BCUT2D eigenvalue weighted by molar-refractivity contribution is 5.89. The maximum atomic E-state index is 12.5. The molecule has 1 aromatic carbocycles. The molecule has 0 aliphatic rings. The molecule has 0 bridgehead atoms. The number of hydrogen-bond donors (Lipinski definition) is 1. The van der Waals surface area contributed by atoms with Crippen molar-refractivity contribution < 1.29 is 13.2 Å². The van der Waals surface area contributed by atoms with Gasteiger partial charge in [0.25, 0.3) is 0 Å². The van der Waals surface area contributed by atoms with Gasteiger partial charge in [-0.3, -0.25) is 0 Å². The fourth-order valence-corrected chi connectivity index (χ4v) is 2.06. The first-order chi connectivity index (χ1) is 9.95. The van der Waals surface area contributed by atoms with Crippen LogP contribution in [0.15, 0.2) is 42.9 Å². The van der Waals surface area contributed by atoms with Crippen LogP contribution in [-0.2, 0) is 13.2 Å². The van der Waals surface area contributed by atoms with Crippen molar-refractivity contribution in [1.29, 1.82) is 0 Å². The van der Waals surface area contributed by atoms with Gasteiger partial charge in [0.2, 0.25) is 0 Å². The number of halogens is 3. The quantitative estimate of drug-likeness (QED) is 0.782. The summed E-state index contributed by atoms with van der Waals surface area (Å²) < 4.78 is 39.4. The third-order valence-electron chi connectivity index (χ3n) is 3.14. The van der Waals surface area contributed by atoms with Gasteiger partial charge in [0.05, 0.1) is 10.9 Å². The smallest absolute Gasteiger partial charge is 0.340 e. The highest BCUT2D eigenvalue weighted by Crippen LogP contribution is 2.30. The van der Waals surface area contributed by atoms with Gasteiger partial charge in [0, 0.05) is 18.9 Å². The van der Waals surface area contributed by atoms with Crippen LogP contribution in [0.2, 0.25) is 0 Å². The third kappa shape index (κ3) is 2.54. The van der Waals surface area contributed by atoms with Gasteiger partial charge in [-0.1, -0.05) is 0 Å². The summed E-state index contributed by atoms with van der Waals surface area (Å²) in [6.45, 7) is 0. The van der Waals surface area contributed by atoms with E-state index in [9.17, 15) is 13.2 Å². The van der Waals surface area contributed by atoms with E-state index in [1.807, 2.05) is 23.9 Å². The molecule has 0 saturated heterocycles. The summed E-state index contributed by atoms with van der Waals surface area (Å²) in [4.78, 5) is 8.28. The Bertz CT molecular complexity index is 775. The van der Waals surface area contributed by atoms with Crippen LogP contribution in [0.4, 0.5) is 24.7 Å². The Hall–Kier alpha value is -2.57. The largest absolute Gasteiger partial charge is 0.416 e. The molecule has 0 unspecified atom stereocenters. The highest BCUT2D eigenvalue weighted by atomic mass is 19.4. The van der Waals surface area contributed by atoms with Crippen molar-refractivity contribution in [3.8, 4) is 0 Å². The van der Waals surface area contributed by atoms with E-state index in [0.29, 0.717) is 11.5 Å². The van der Waals surface area contributed by atoms with Crippen LogP contribution >= 0.6 is 0 Å². The summed E-state index contributed by atoms with van der Waals surface area (Å²) in [5.41, 5.74) is 0.604. The number of fused-ring (bicyclic) bond motifs is 1. The van der Waals surface area contributed by atoms with Crippen molar-refractivity contribution >= 4 is 22.5 Å². The SMILES string of the molecule is Cn1ccc2c(Nc3ccc(C(F)(F)F)cc3)ncnc21. The van der Waals surface area contributed by atoms with Crippen LogP contribution in [-0.4, -0.2) is 14.5 Å². The van der Waals surface area contributed by atoms with Gasteiger partial charge >= 0.3 is 6.18 Å². The van der Waals surface area contributed by atoms with Gasteiger partial charge in [0.15, 0.2) is 0 Å². The molecule has 2 heterocycles. The molecule has 0 fully saturated rings. The zero-order valence-electron chi connectivity index (χ0n) is 11.0. The summed E-state index contributed by atoms with van der Waals surface area (Å²) in [6, 6.07) is 6.67. The van der Waals surface area contributed by atoms with Crippen LogP contribution in [0, 0.1) is 0 Å². The minimum Gasteiger partial charge on any atom is -0.340 e. The molecule has 0 spiro atoms. The van der Waals surface area contributed by atoms with Crippen LogP contribution in [0.25, 0.3) is 11.0 Å². The first-order valence-electron chi connectivity index (χ1n) is 6.15. The molecule has 0 amide bonds. The second-order valence-corrected chi connectivity index (χ2v) is 4.59. The van der Waals surface area contributed by atoms with Crippen LogP contribution in [0.3, 0.4) is 0 Å². The predicted octanol–water partition coefficient (Wildman–Crippen LogP) is 3.73. The molecule has 7 heteroatoms. The molecule has 4 nitrogen and oxygen atoms in total. The highest BCUT2D eigenvalue weighted by Gasteiger charge is 2.29. The number of rotatable bonds is 2. The molecule has 1 N–H and O–H groups in total. The van der Waals surface area contributed by atoms with Crippen molar-refractivity contribution in [2.75, 3.05) is 5.32 Å². The van der Waals surface area contributed by atoms with Crippen LogP contribution in [0.5, 0.6) is 0 Å². The first kappa shape index (κ1) is 13.4. The fraction of sp³-hybridized carbons (Fsp3) is 0.143. The Labute approximate surface area is 118 Å². The lowest BCUT2D eigenvalue weighted by Gasteiger charge is -2.09. The van der Waals surface area contributed by atoms with Gasteiger partial charge in [0.1, 0.15) is 17.8 Å². The van der Waals surface area contributed by atoms with Gasteiger partial charge < -0.3 is 9.88 Å². The summed E-state index contributed by atoms with van der Waals surface area (Å²) in [7, 11) is 1.86. The summed E-state index contributed by atoms with van der Waals surface area (Å²) in [6.07, 6.45) is -1.08. The van der Waals surface area contributed by atoms with E-state index in [4.69, 9.17) is 0 Å². The molecular formula is C14H11F3N4. The van der Waals surface area contributed by atoms with Crippen molar-refractivity contribution in [1.82, 2.24) is 14.5 Å². The average Bonchev–Trinajstić information content (AvgIpc) is 2.82. The van der Waals surface area contributed by atoms with E-state index in [0.717, 1.165) is 23.2 Å². The topological polar surface area (TPSA) is 42.7 Å². The normalized spacial score (nSPS) is 11.8. The number of benzene rings is 1. The van der Waals surface area contributed by atoms with E-state index >= 15 is 0 Å². The van der Waals surface area contributed by atoms with Gasteiger partial charge in [-0.2, -0.15) is 13.2 Å². The van der Waals surface area contributed by atoms with E-state index < -0.39 is 11.7 Å². The molecule has 0 aliphatic carbocycles. The molecule has 3 aromatic rings. The summed E-state index contributed by atoms with van der Waals surface area (Å²) >= 11 is 0. The van der Waals surface area contributed by atoms with Crippen LogP contribution in [0.1, 0.15) is 5.56 Å². The monoisotopic (exact) mass is 292 g/mol. The number of hydrogen-bond acceptors (Lipinski definition) is 3. The zero-order chi connectivity index (χ0) is 15.0. The Kier molecular flexibility index (Phi) is 3.04. The van der Waals surface area contributed by atoms with Crippen LogP contribution < -0.4 is 5.32 Å². The number of alkyl halides is 3. The maximum Gasteiger partial charge on any atom is 0.416 e. The Morgan fingerprint density at radius 1 is 1.05 bits per heavy atom. The Morgan fingerprint density at radius 2 is 1.76 bits per heavy atom. The van der Waals surface area contributed by atoms with E-state index in [1.54, 1.807) is 0 Å². The average molecular weight is 292 g/mol. The van der Waals surface area contributed by atoms with Gasteiger partial charge in [-0.15, -0.1) is 0 Å². The number of anilines is 2. The fourth-order valence-electron chi connectivity index (χ4n) is 2.06. The van der Waals surface area contributed by atoms with E-state index in [-0.39, 0.29) is 0 Å². The van der Waals surface area contributed by atoms with Gasteiger partial charge in [-0.05, 0) is 30.3 Å². The molecule has 2 aromatic heterocycles.